The summed E-state index contributed by atoms with van der Waals surface area (Å²) < 4.78 is 42.7. The van der Waals surface area contributed by atoms with Crippen LogP contribution in [0.4, 0.5) is 19.3 Å². The number of nitrogen functional groups attached to an aromatic ring is 1. The van der Waals surface area contributed by atoms with E-state index in [9.17, 15) is 13.6 Å². The molecule has 0 saturated heterocycles. The number of ether oxygens (including phenoxy) is 3. The van der Waals surface area contributed by atoms with Gasteiger partial charge < -0.3 is 19.9 Å². The molecule has 1 aromatic heterocycles. The molecule has 25 heavy (non-hydrogen) atoms. The van der Waals surface area contributed by atoms with Crippen LogP contribution in [0.15, 0.2) is 12.1 Å². The Morgan fingerprint density at radius 3 is 2.60 bits per heavy atom. The zero-order chi connectivity index (χ0) is 18.7. The number of benzene rings is 1. The molecule has 0 aliphatic carbocycles. The van der Waals surface area contributed by atoms with Crippen LogP contribution in [0.25, 0.3) is 11.3 Å². The maximum Gasteiger partial charge on any atom is 0.514 e. The van der Waals surface area contributed by atoms with E-state index in [1.807, 2.05) is 0 Å². The van der Waals surface area contributed by atoms with E-state index in [0.717, 1.165) is 26.4 Å². The Kier molecular flexibility index (Phi) is 5.24. The average molecular weight is 370 g/mol. The number of hydrogen-bond donors (Lipinski definition) is 1. The maximum absolute atomic E-state index is 14.6. The first-order valence-electron chi connectivity index (χ1n) is 6.52. The summed E-state index contributed by atoms with van der Waals surface area (Å²) in [5, 5.41) is 8.68. The fourth-order valence-corrected chi connectivity index (χ4v) is 2.10. The van der Waals surface area contributed by atoms with E-state index in [-0.39, 0.29) is 22.0 Å². The second-order valence-corrected chi connectivity index (χ2v) is 4.89. The van der Waals surface area contributed by atoms with E-state index in [0.29, 0.717) is 0 Å². The number of rotatable bonds is 3. The monoisotopic (exact) mass is 369 g/mol. The van der Waals surface area contributed by atoms with Crippen LogP contribution in [-0.2, 0) is 4.74 Å². The van der Waals surface area contributed by atoms with Crippen molar-refractivity contribution in [3.8, 4) is 29.0 Å². The Bertz CT molecular complexity index is 900. The summed E-state index contributed by atoms with van der Waals surface area (Å²) in [5.41, 5.74) is 4.23. The number of carbonyl (C=O) groups is 1. The smallest absolute Gasteiger partial charge is 0.492 e. The van der Waals surface area contributed by atoms with E-state index in [2.05, 4.69) is 9.72 Å². The summed E-state index contributed by atoms with van der Waals surface area (Å²) in [6.45, 7) is 0. The van der Waals surface area contributed by atoms with Crippen molar-refractivity contribution < 1.29 is 27.8 Å². The quantitative estimate of drug-likeness (QED) is 0.827. The number of methoxy groups -OCH3 is 2. The third-order valence-corrected chi connectivity index (χ3v) is 3.44. The summed E-state index contributed by atoms with van der Waals surface area (Å²) >= 11 is 5.86. The molecule has 2 N–H and O–H groups in total. The summed E-state index contributed by atoms with van der Waals surface area (Å²) in [5.74, 6) is -3.22. The number of nitrogens with zero attached hydrogens (tertiary/aromatic N) is 2. The second kappa shape index (κ2) is 7.19. The normalized spacial score (nSPS) is 10.1. The number of anilines is 1. The first-order valence-corrected chi connectivity index (χ1v) is 6.90. The summed E-state index contributed by atoms with van der Waals surface area (Å²) in [6.07, 6.45) is -1.15. The molecule has 130 valence electrons. The zero-order valence-corrected chi connectivity index (χ0v) is 13.6. The van der Waals surface area contributed by atoms with Gasteiger partial charge in [0.2, 0.25) is 5.88 Å². The minimum Gasteiger partial charge on any atom is -0.492 e. The van der Waals surface area contributed by atoms with Gasteiger partial charge in [-0.3, -0.25) is 0 Å². The zero-order valence-electron chi connectivity index (χ0n) is 12.9. The van der Waals surface area contributed by atoms with E-state index in [1.54, 1.807) is 6.07 Å². The standard InChI is InChI=1S/C15H10ClF2N3O4/c1-23-13-6(5-19)3-7(17)10(12(13)18)9-4-8(20)11(16)14(21-9)25-15(22)24-2/h3-4H,1-2H3,(H2,20,21). The number of aromatic nitrogens is 1. The first kappa shape index (κ1) is 18.2. The number of nitriles is 1. The topological polar surface area (TPSA) is 107 Å². The van der Waals surface area contributed by atoms with Gasteiger partial charge in [0.25, 0.3) is 0 Å². The van der Waals surface area contributed by atoms with Crippen LogP contribution in [0.1, 0.15) is 5.56 Å². The molecule has 0 atom stereocenters. The third-order valence-electron chi connectivity index (χ3n) is 3.06. The minimum absolute atomic E-state index is 0.146. The molecule has 1 heterocycles. The SMILES string of the molecule is COC(=O)Oc1nc(-c2c(F)cc(C#N)c(OC)c2F)cc(N)c1Cl. The Hall–Kier alpha value is -3.12. The molecular formula is C15H10ClF2N3O4. The largest absolute Gasteiger partial charge is 0.514 e. The number of pyridine rings is 1. The third kappa shape index (κ3) is 3.39. The van der Waals surface area contributed by atoms with Crippen molar-refractivity contribution in [2.75, 3.05) is 20.0 Å². The number of hydrogen-bond acceptors (Lipinski definition) is 7. The van der Waals surface area contributed by atoms with Crippen molar-refractivity contribution in [3.63, 3.8) is 0 Å². The molecule has 1 aromatic carbocycles. The fraction of sp³-hybridized carbons (Fsp3) is 0.133. The van der Waals surface area contributed by atoms with Crippen LogP contribution >= 0.6 is 11.6 Å². The lowest BCUT2D eigenvalue weighted by Crippen LogP contribution is -2.10. The van der Waals surface area contributed by atoms with Crippen LogP contribution in [0.2, 0.25) is 5.02 Å². The van der Waals surface area contributed by atoms with E-state index < -0.39 is 35.0 Å². The van der Waals surface area contributed by atoms with Crippen LogP contribution in [0.3, 0.4) is 0 Å². The predicted molar refractivity (Wildman–Crippen MR) is 83.3 cm³/mol. The highest BCUT2D eigenvalue weighted by atomic mass is 35.5. The van der Waals surface area contributed by atoms with Crippen molar-refractivity contribution in [2.45, 2.75) is 0 Å². The fourth-order valence-electron chi connectivity index (χ4n) is 1.96. The van der Waals surface area contributed by atoms with Gasteiger partial charge in [-0.05, 0) is 12.1 Å². The lowest BCUT2D eigenvalue weighted by molar-refractivity contribution is 0.120. The molecular weight excluding hydrogens is 360 g/mol. The van der Waals surface area contributed by atoms with Gasteiger partial charge in [-0.1, -0.05) is 11.6 Å². The van der Waals surface area contributed by atoms with Crippen molar-refractivity contribution >= 4 is 23.4 Å². The lowest BCUT2D eigenvalue weighted by Gasteiger charge is -2.13. The van der Waals surface area contributed by atoms with Crippen molar-refractivity contribution in [2.24, 2.45) is 0 Å². The van der Waals surface area contributed by atoms with Gasteiger partial charge >= 0.3 is 6.16 Å². The van der Waals surface area contributed by atoms with Gasteiger partial charge in [-0.15, -0.1) is 0 Å². The van der Waals surface area contributed by atoms with E-state index in [4.69, 9.17) is 32.1 Å². The van der Waals surface area contributed by atoms with Crippen molar-refractivity contribution in [1.82, 2.24) is 4.98 Å². The molecule has 2 rings (SSSR count). The highest BCUT2D eigenvalue weighted by Gasteiger charge is 2.24. The molecule has 2 aromatic rings. The highest BCUT2D eigenvalue weighted by molar-refractivity contribution is 6.34. The van der Waals surface area contributed by atoms with Gasteiger partial charge in [0, 0.05) is 0 Å². The minimum atomic E-state index is -1.17. The molecule has 10 heteroatoms. The predicted octanol–water partition coefficient (Wildman–Crippen LogP) is 3.29. The Balaban J connectivity index is 2.71. The van der Waals surface area contributed by atoms with E-state index in [1.165, 1.54) is 0 Å². The van der Waals surface area contributed by atoms with Gasteiger partial charge in [-0.25, -0.2) is 18.6 Å². The van der Waals surface area contributed by atoms with Crippen LogP contribution < -0.4 is 15.2 Å². The molecule has 0 fully saturated rings. The number of halogens is 3. The molecule has 7 nitrogen and oxygen atoms in total. The Morgan fingerprint density at radius 1 is 1.36 bits per heavy atom. The van der Waals surface area contributed by atoms with Gasteiger partial charge in [0.05, 0.1) is 36.7 Å². The molecule has 0 bridgehead atoms. The molecule has 0 amide bonds. The first-order chi connectivity index (χ1) is 11.8. The molecule has 0 unspecified atom stereocenters. The Labute approximate surface area is 145 Å². The number of carbonyl (C=O) groups excluding carboxylic acids is 1. The molecule has 0 saturated carbocycles. The second-order valence-electron chi connectivity index (χ2n) is 4.51. The summed E-state index contributed by atoms with van der Waals surface area (Å²) in [6, 6.07) is 3.48. The van der Waals surface area contributed by atoms with Gasteiger partial charge in [-0.2, -0.15) is 5.26 Å². The van der Waals surface area contributed by atoms with Crippen molar-refractivity contribution in [3.05, 3.63) is 34.4 Å². The van der Waals surface area contributed by atoms with Gasteiger partial charge in [0.15, 0.2) is 11.6 Å². The van der Waals surface area contributed by atoms with Gasteiger partial charge in [0.1, 0.15) is 16.9 Å². The molecule has 0 aliphatic rings. The lowest BCUT2D eigenvalue weighted by atomic mass is 10.1. The van der Waals surface area contributed by atoms with Crippen molar-refractivity contribution in [1.29, 1.82) is 5.26 Å². The highest BCUT2D eigenvalue weighted by Crippen LogP contribution is 2.38. The van der Waals surface area contributed by atoms with Crippen LogP contribution in [0.5, 0.6) is 11.6 Å². The van der Waals surface area contributed by atoms with Crippen LogP contribution in [0, 0.1) is 23.0 Å². The average Bonchev–Trinajstić information content (AvgIpc) is 2.58. The molecule has 0 radical (unpaired) electrons. The maximum atomic E-state index is 14.6. The summed E-state index contributed by atoms with van der Waals surface area (Å²) in [4.78, 5) is 15.0. The molecule has 0 spiro atoms. The summed E-state index contributed by atoms with van der Waals surface area (Å²) in [7, 11) is 2.17. The molecule has 0 aliphatic heterocycles. The Morgan fingerprint density at radius 2 is 2.04 bits per heavy atom. The number of nitrogens with two attached hydrogens (primary N) is 1. The van der Waals surface area contributed by atoms with E-state index >= 15 is 0 Å². The van der Waals surface area contributed by atoms with Crippen LogP contribution in [-0.4, -0.2) is 25.4 Å².